The van der Waals surface area contributed by atoms with Crippen molar-refractivity contribution in [3.05, 3.63) is 29.3 Å². The summed E-state index contributed by atoms with van der Waals surface area (Å²) in [4.78, 5) is 0. The summed E-state index contributed by atoms with van der Waals surface area (Å²) >= 11 is 0. The molecule has 19 heavy (non-hydrogen) atoms. The first-order valence-electron chi connectivity index (χ1n) is 7.31. The van der Waals surface area contributed by atoms with Gasteiger partial charge in [0.2, 0.25) is 0 Å². The molecule has 1 aromatic rings. The number of para-hydroxylation sites is 1. The van der Waals surface area contributed by atoms with Crippen LogP contribution in [0.5, 0.6) is 5.75 Å². The Morgan fingerprint density at radius 1 is 1.42 bits per heavy atom. The highest BCUT2D eigenvalue weighted by Gasteiger charge is 2.42. The molecule has 3 nitrogen and oxygen atoms in total. The van der Waals surface area contributed by atoms with Crippen LogP contribution in [0.2, 0.25) is 0 Å². The Hall–Kier alpha value is -1.06. The summed E-state index contributed by atoms with van der Waals surface area (Å²) in [5.41, 5.74) is 2.66. The van der Waals surface area contributed by atoms with Crippen LogP contribution in [0.4, 0.5) is 0 Å². The van der Waals surface area contributed by atoms with Crippen molar-refractivity contribution in [2.45, 2.75) is 38.6 Å². The zero-order valence-electron chi connectivity index (χ0n) is 11.6. The SMILES string of the molecule is Cc1cccc2c1OCCCC2NCC1(CO)CC1. The molecule has 1 unspecified atom stereocenters. The van der Waals surface area contributed by atoms with E-state index < -0.39 is 0 Å². The second kappa shape index (κ2) is 5.14. The number of ether oxygens (including phenoxy) is 1. The first kappa shape index (κ1) is 12.9. The molecule has 1 atom stereocenters. The molecule has 3 rings (SSSR count). The quantitative estimate of drug-likeness (QED) is 0.875. The first-order chi connectivity index (χ1) is 9.24. The Kier molecular flexibility index (Phi) is 3.50. The van der Waals surface area contributed by atoms with E-state index in [1.807, 2.05) is 0 Å². The maximum absolute atomic E-state index is 9.42. The molecule has 0 bridgehead atoms. The van der Waals surface area contributed by atoms with Crippen LogP contribution in [0.1, 0.15) is 42.9 Å². The fraction of sp³-hybridized carbons (Fsp3) is 0.625. The van der Waals surface area contributed by atoms with Crippen molar-refractivity contribution in [1.82, 2.24) is 5.32 Å². The normalized spacial score (nSPS) is 24.2. The molecule has 2 N–H and O–H groups in total. The van der Waals surface area contributed by atoms with Crippen molar-refractivity contribution in [2.24, 2.45) is 5.41 Å². The predicted octanol–water partition coefficient (Wildman–Crippen LogP) is 2.57. The average molecular weight is 261 g/mol. The molecule has 0 radical (unpaired) electrons. The molecular weight excluding hydrogens is 238 g/mol. The molecule has 1 heterocycles. The predicted molar refractivity (Wildman–Crippen MR) is 75.4 cm³/mol. The smallest absolute Gasteiger partial charge is 0.126 e. The number of rotatable bonds is 4. The van der Waals surface area contributed by atoms with Crippen LogP contribution in [0.3, 0.4) is 0 Å². The molecule has 0 amide bonds. The molecule has 104 valence electrons. The van der Waals surface area contributed by atoms with Crippen molar-refractivity contribution in [3.8, 4) is 5.75 Å². The molecule has 1 aromatic carbocycles. The van der Waals surface area contributed by atoms with Gasteiger partial charge < -0.3 is 15.2 Å². The summed E-state index contributed by atoms with van der Waals surface area (Å²) < 4.78 is 5.89. The topological polar surface area (TPSA) is 41.5 Å². The van der Waals surface area contributed by atoms with Crippen LogP contribution >= 0.6 is 0 Å². The summed E-state index contributed by atoms with van der Waals surface area (Å²) in [5, 5.41) is 13.1. The van der Waals surface area contributed by atoms with Gasteiger partial charge in [-0.2, -0.15) is 0 Å². The first-order valence-corrected chi connectivity index (χ1v) is 7.31. The number of hydrogen-bond acceptors (Lipinski definition) is 3. The zero-order chi connectivity index (χ0) is 13.3. The van der Waals surface area contributed by atoms with Crippen LogP contribution in [0, 0.1) is 12.3 Å². The average Bonchev–Trinajstić information content (AvgIpc) is 3.21. The third kappa shape index (κ3) is 2.63. The van der Waals surface area contributed by atoms with Gasteiger partial charge in [0.25, 0.3) is 0 Å². The van der Waals surface area contributed by atoms with Crippen LogP contribution in [-0.2, 0) is 0 Å². The Balaban J connectivity index is 1.76. The van der Waals surface area contributed by atoms with Gasteiger partial charge >= 0.3 is 0 Å². The van der Waals surface area contributed by atoms with Crippen molar-refractivity contribution in [2.75, 3.05) is 19.8 Å². The van der Waals surface area contributed by atoms with Gasteiger partial charge in [0.1, 0.15) is 5.75 Å². The van der Waals surface area contributed by atoms with Crippen LogP contribution in [-0.4, -0.2) is 24.9 Å². The third-order valence-electron chi connectivity index (χ3n) is 4.52. The monoisotopic (exact) mass is 261 g/mol. The fourth-order valence-electron chi connectivity index (χ4n) is 2.88. The lowest BCUT2D eigenvalue weighted by Crippen LogP contribution is -2.30. The number of aryl methyl sites for hydroxylation is 1. The number of nitrogens with one attached hydrogen (secondary N) is 1. The molecule has 0 aromatic heterocycles. The van der Waals surface area contributed by atoms with E-state index in [1.54, 1.807) is 0 Å². The maximum Gasteiger partial charge on any atom is 0.126 e. The van der Waals surface area contributed by atoms with Crippen molar-refractivity contribution in [3.63, 3.8) is 0 Å². The van der Waals surface area contributed by atoms with Crippen molar-refractivity contribution < 1.29 is 9.84 Å². The van der Waals surface area contributed by atoms with Gasteiger partial charge in [-0.15, -0.1) is 0 Å². The van der Waals surface area contributed by atoms with E-state index in [9.17, 15) is 5.11 Å². The van der Waals surface area contributed by atoms with Crippen molar-refractivity contribution >= 4 is 0 Å². The number of hydrogen-bond donors (Lipinski definition) is 2. The van der Waals surface area contributed by atoms with Crippen molar-refractivity contribution in [1.29, 1.82) is 0 Å². The maximum atomic E-state index is 9.42. The molecule has 0 spiro atoms. The highest BCUT2D eigenvalue weighted by molar-refractivity contribution is 5.43. The van der Waals surface area contributed by atoms with Gasteiger partial charge in [0.15, 0.2) is 0 Å². The number of benzene rings is 1. The Bertz CT molecular complexity index is 454. The lowest BCUT2D eigenvalue weighted by molar-refractivity contribution is 0.203. The second-order valence-corrected chi connectivity index (χ2v) is 6.08. The molecular formula is C16H23NO2. The molecule has 1 aliphatic heterocycles. The van der Waals surface area contributed by atoms with E-state index >= 15 is 0 Å². The number of fused-ring (bicyclic) bond motifs is 1. The molecule has 1 fully saturated rings. The van der Waals surface area contributed by atoms with E-state index in [1.165, 1.54) is 11.1 Å². The number of aliphatic hydroxyl groups is 1. The summed E-state index contributed by atoms with van der Waals surface area (Å²) in [6.45, 7) is 4.14. The Morgan fingerprint density at radius 2 is 2.26 bits per heavy atom. The second-order valence-electron chi connectivity index (χ2n) is 6.08. The lowest BCUT2D eigenvalue weighted by atomic mass is 9.98. The summed E-state index contributed by atoms with van der Waals surface area (Å²) in [7, 11) is 0. The van der Waals surface area contributed by atoms with Crippen LogP contribution < -0.4 is 10.1 Å². The fourth-order valence-corrected chi connectivity index (χ4v) is 2.88. The van der Waals surface area contributed by atoms with Gasteiger partial charge in [0.05, 0.1) is 6.61 Å². The largest absolute Gasteiger partial charge is 0.493 e. The standard InChI is InChI=1S/C16H23NO2/c1-12-4-2-5-13-14(6-3-9-19-15(12)13)17-10-16(11-18)7-8-16/h2,4-5,14,17-18H,3,6-11H2,1H3. The van der Waals surface area contributed by atoms with Gasteiger partial charge in [-0.3, -0.25) is 0 Å². The molecule has 3 heteroatoms. The molecule has 0 saturated heterocycles. The highest BCUT2D eigenvalue weighted by Crippen LogP contribution is 2.45. The molecule has 1 aliphatic carbocycles. The summed E-state index contributed by atoms with van der Waals surface area (Å²) in [5.74, 6) is 1.06. The minimum Gasteiger partial charge on any atom is -0.493 e. The number of aliphatic hydroxyl groups excluding tert-OH is 1. The minimum absolute atomic E-state index is 0.164. The molecule has 2 aliphatic rings. The van der Waals surface area contributed by atoms with E-state index in [0.717, 1.165) is 44.6 Å². The van der Waals surface area contributed by atoms with E-state index in [2.05, 4.69) is 30.4 Å². The third-order valence-corrected chi connectivity index (χ3v) is 4.52. The Morgan fingerprint density at radius 3 is 3.00 bits per heavy atom. The Labute approximate surface area is 115 Å². The van der Waals surface area contributed by atoms with Gasteiger partial charge in [-0.1, -0.05) is 18.2 Å². The van der Waals surface area contributed by atoms with Gasteiger partial charge in [0, 0.05) is 30.2 Å². The van der Waals surface area contributed by atoms with E-state index in [0.29, 0.717) is 12.6 Å². The summed E-state index contributed by atoms with van der Waals surface area (Å²) in [6, 6.07) is 6.75. The van der Waals surface area contributed by atoms with E-state index in [-0.39, 0.29) is 5.41 Å². The summed E-state index contributed by atoms with van der Waals surface area (Å²) in [6.07, 6.45) is 4.50. The minimum atomic E-state index is 0.164. The van der Waals surface area contributed by atoms with E-state index in [4.69, 9.17) is 4.74 Å². The molecule has 1 saturated carbocycles. The van der Waals surface area contributed by atoms with Gasteiger partial charge in [-0.25, -0.2) is 0 Å². The lowest BCUT2D eigenvalue weighted by Gasteiger charge is -2.22. The van der Waals surface area contributed by atoms with Gasteiger partial charge in [-0.05, 0) is 38.2 Å². The van der Waals surface area contributed by atoms with Crippen LogP contribution in [0.15, 0.2) is 18.2 Å². The van der Waals surface area contributed by atoms with Crippen LogP contribution in [0.25, 0.3) is 0 Å². The highest BCUT2D eigenvalue weighted by atomic mass is 16.5. The zero-order valence-corrected chi connectivity index (χ0v) is 11.6.